The van der Waals surface area contributed by atoms with E-state index in [1.54, 1.807) is 11.0 Å². The lowest BCUT2D eigenvalue weighted by Gasteiger charge is -2.32. The first-order valence-corrected chi connectivity index (χ1v) is 9.97. The minimum Gasteiger partial charge on any atom is -0.472 e. The van der Waals surface area contributed by atoms with Crippen LogP contribution >= 0.6 is 11.3 Å². The number of hydrogen-bond acceptors (Lipinski definition) is 5. The largest absolute Gasteiger partial charge is 0.472 e. The highest BCUT2D eigenvalue weighted by Crippen LogP contribution is 2.24. The minimum atomic E-state index is -0.270. The molecule has 28 heavy (non-hydrogen) atoms. The van der Waals surface area contributed by atoms with Crippen molar-refractivity contribution in [3.8, 4) is 11.3 Å². The van der Waals surface area contributed by atoms with E-state index in [9.17, 15) is 9.59 Å². The zero-order chi connectivity index (χ0) is 19.3. The third kappa shape index (κ3) is 4.23. The molecule has 1 aliphatic rings. The van der Waals surface area contributed by atoms with Crippen LogP contribution in [0.15, 0.2) is 58.7 Å². The number of piperidine rings is 1. The van der Waals surface area contributed by atoms with E-state index in [1.165, 1.54) is 23.9 Å². The fourth-order valence-corrected chi connectivity index (χ4v) is 3.90. The number of urea groups is 1. The van der Waals surface area contributed by atoms with Gasteiger partial charge in [-0.2, -0.15) is 0 Å². The van der Waals surface area contributed by atoms with Crippen molar-refractivity contribution in [2.75, 3.05) is 18.4 Å². The molecule has 0 saturated carbocycles. The molecule has 0 aliphatic carbocycles. The second-order valence-electron chi connectivity index (χ2n) is 6.58. The first-order valence-electron chi connectivity index (χ1n) is 9.09. The highest BCUT2D eigenvalue weighted by molar-refractivity contribution is 7.14. The van der Waals surface area contributed by atoms with Crippen LogP contribution in [0, 0.1) is 0 Å². The fourth-order valence-electron chi connectivity index (χ4n) is 3.19. The smallest absolute Gasteiger partial charge is 0.321 e. The molecule has 1 saturated heterocycles. The molecular formula is C20H20N4O3S. The van der Waals surface area contributed by atoms with Gasteiger partial charge < -0.3 is 14.6 Å². The molecule has 2 N–H and O–H groups in total. The molecule has 0 radical (unpaired) electrons. The molecule has 2 aromatic heterocycles. The minimum absolute atomic E-state index is 0.0296. The predicted octanol–water partition coefficient (Wildman–Crippen LogP) is 3.83. The Morgan fingerprint density at radius 3 is 2.64 bits per heavy atom. The summed E-state index contributed by atoms with van der Waals surface area (Å²) in [5.41, 5.74) is 2.41. The highest BCUT2D eigenvalue weighted by Gasteiger charge is 2.25. The van der Waals surface area contributed by atoms with E-state index in [0.29, 0.717) is 36.6 Å². The summed E-state index contributed by atoms with van der Waals surface area (Å²) < 4.78 is 4.97. The Kier molecular flexibility index (Phi) is 5.38. The number of benzene rings is 1. The van der Waals surface area contributed by atoms with E-state index in [1.807, 2.05) is 35.7 Å². The van der Waals surface area contributed by atoms with Gasteiger partial charge in [-0.1, -0.05) is 30.3 Å². The number of carbonyl (C=O) groups is 2. The van der Waals surface area contributed by atoms with Gasteiger partial charge in [0, 0.05) is 30.1 Å². The average molecular weight is 396 g/mol. The summed E-state index contributed by atoms with van der Waals surface area (Å²) in [6, 6.07) is 11.3. The molecular weight excluding hydrogens is 376 g/mol. The molecule has 0 bridgehead atoms. The number of amides is 3. The number of nitrogens with zero attached hydrogens (tertiary/aromatic N) is 2. The van der Waals surface area contributed by atoms with Crippen LogP contribution in [-0.4, -0.2) is 41.0 Å². The summed E-state index contributed by atoms with van der Waals surface area (Å²) in [4.78, 5) is 30.8. The van der Waals surface area contributed by atoms with Gasteiger partial charge in [0.25, 0.3) is 5.91 Å². The molecule has 0 unspecified atom stereocenters. The summed E-state index contributed by atoms with van der Waals surface area (Å²) in [5.74, 6) is -0.0344. The fraction of sp³-hybridized carbons (Fsp3) is 0.250. The molecule has 3 heterocycles. The number of carbonyl (C=O) groups excluding carboxylic acids is 2. The topological polar surface area (TPSA) is 87.5 Å². The van der Waals surface area contributed by atoms with Gasteiger partial charge in [0.2, 0.25) is 0 Å². The maximum Gasteiger partial charge on any atom is 0.321 e. The Morgan fingerprint density at radius 1 is 1.14 bits per heavy atom. The van der Waals surface area contributed by atoms with Crippen molar-refractivity contribution in [3.63, 3.8) is 0 Å². The van der Waals surface area contributed by atoms with Gasteiger partial charge >= 0.3 is 6.03 Å². The highest BCUT2D eigenvalue weighted by atomic mass is 32.1. The molecule has 1 aromatic carbocycles. The lowest BCUT2D eigenvalue weighted by molar-refractivity contribution is 0.0708. The van der Waals surface area contributed by atoms with Crippen molar-refractivity contribution < 1.29 is 14.0 Å². The number of aromatic nitrogens is 1. The van der Waals surface area contributed by atoms with Crippen molar-refractivity contribution in [2.45, 2.75) is 18.9 Å². The SMILES string of the molecule is O=C(Nc1nc(-c2ccccc2)cs1)NC1CCN(C(=O)c2ccoc2)CC1. The third-order valence-corrected chi connectivity index (χ3v) is 5.44. The van der Waals surface area contributed by atoms with Gasteiger partial charge in [0.15, 0.2) is 5.13 Å². The van der Waals surface area contributed by atoms with Gasteiger partial charge in [-0.05, 0) is 18.9 Å². The van der Waals surface area contributed by atoms with Crippen LogP contribution < -0.4 is 10.6 Å². The Balaban J connectivity index is 1.26. The second kappa shape index (κ2) is 8.26. The van der Waals surface area contributed by atoms with Crippen molar-refractivity contribution in [3.05, 3.63) is 59.9 Å². The predicted molar refractivity (Wildman–Crippen MR) is 107 cm³/mol. The van der Waals surface area contributed by atoms with Gasteiger partial charge in [-0.15, -0.1) is 11.3 Å². The molecule has 1 aliphatic heterocycles. The van der Waals surface area contributed by atoms with E-state index in [2.05, 4.69) is 15.6 Å². The average Bonchev–Trinajstić information content (AvgIpc) is 3.41. The van der Waals surface area contributed by atoms with Crippen LogP contribution in [0.2, 0.25) is 0 Å². The van der Waals surface area contributed by atoms with Crippen molar-refractivity contribution in [2.24, 2.45) is 0 Å². The van der Waals surface area contributed by atoms with Crippen LogP contribution in [0.1, 0.15) is 23.2 Å². The molecule has 0 spiro atoms. The molecule has 8 heteroatoms. The Hall–Kier alpha value is -3.13. The van der Waals surface area contributed by atoms with E-state index >= 15 is 0 Å². The zero-order valence-corrected chi connectivity index (χ0v) is 15.9. The standard InChI is InChI=1S/C20H20N4O3S/c25-18(15-8-11-27-12-15)24-9-6-16(7-10-24)21-19(26)23-20-22-17(13-28-20)14-4-2-1-3-5-14/h1-5,8,11-13,16H,6-7,9-10H2,(H2,21,22,23,26). The van der Waals surface area contributed by atoms with E-state index in [0.717, 1.165) is 11.3 Å². The normalized spacial score (nSPS) is 14.6. The van der Waals surface area contributed by atoms with E-state index in [4.69, 9.17) is 4.42 Å². The van der Waals surface area contributed by atoms with Gasteiger partial charge in [-0.25, -0.2) is 9.78 Å². The first kappa shape index (κ1) is 18.2. The first-order chi connectivity index (χ1) is 13.7. The van der Waals surface area contributed by atoms with Crippen LogP contribution in [0.3, 0.4) is 0 Å². The van der Waals surface area contributed by atoms with Crippen LogP contribution in [-0.2, 0) is 0 Å². The third-order valence-electron chi connectivity index (χ3n) is 4.68. The van der Waals surface area contributed by atoms with Crippen molar-refractivity contribution in [1.29, 1.82) is 0 Å². The number of likely N-dealkylation sites (tertiary alicyclic amines) is 1. The monoisotopic (exact) mass is 396 g/mol. The summed E-state index contributed by atoms with van der Waals surface area (Å²) in [6.45, 7) is 1.20. The Morgan fingerprint density at radius 2 is 1.93 bits per heavy atom. The van der Waals surface area contributed by atoms with Gasteiger partial charge in [-0.3, -0.25) is 10.1 Å². The number of furan rings is 1. The van der Waals surface area contributed by atoms with Gasteiger partial charge in [0.1, 0.15) is 6.26 Å². The number of rotatable bonds is 4. The van der Waals surface area contributed by atoms with Crippen LogP contribution in [0.5, 0.6) is 0 Å². The summed E-state index contributed by atoms with van der Waals surface area (Å²) in [5, 5.41) is 8.25. The molecule has 3 amide bonds. The summed E-state index contributed by atoms with van der Waals surface area (Å²) >= 11 is 1.39. The van der Waals surface area contributed by atoms with Crippen molar-refractivity contribution in [1.82, 2.24) is 15.2 Å². The lowest BCUT2D eigenvalue weighted by Crippen LogP contribution is -2.47. The lowest BCUT2D eigenvalue weighted by atomic mass is 10.0. The van der Waals surface area contributed by atoms with E-state index < -0.39 is 0 Å². The number of hydrogen-bond donors (Lipinski definition) is 2. The van der Waals surface area contributed by atoms with Gasteiger partial charge in [0.05, 0.1) is 17.5 Å². The summed E-state index contributed by atoms with van der Waals surface area (Å²) in [6.07, 6.45) is 4.37. The number of nitrogens with one attached hydrogen (secondary N) is 2. The Labute approximate surface area is 166 Å². The second-order valence-corrected chi connectivity index (χ2v) is 7.44. The molecule has 3 aromatic rings. The molecule has 1 fully saturated rings. The number of anilines is 1. The molecule has 144 valence electrons. The summed E-state index contributed by atoms with van der Waals surface area (Å²) in [7, 11) is 0. The van der Waals surface area contributed by atoms with Crippen LogP contribution in [0.25, 0.3) is 11.3 Å². The van der Waals surface area contributed by atoms with Crippen molar-refractivity contribution >= 4 is 28.4 Å². The maximum atomic E-state index is 12.3. The zero-order valence-electron chi connectivity index (χ0n) is 15.1. The molecule has 0 atom stereocenters. The van der Waals surface area contributed by atoms with Crippen LogP contribution in [0.4, 0.5) is 9.93 Å². The molecule has 4 rings (SSSR count). The quantitative estimate of drug-likeness (QED) is 0.702. The maximum absolute atomic E-state index is 12.3. The molecule has 7 nitrogen and oxygen atoms in total. The Bertz CT molecular complexity index is 932. The van der Waals surface area contributed by atoms with E-state index in [-0.39, 0.29) is 18.0 Å². The number of thiazole rings is 1.